The first-order valence-corrected chi connectivity index (χ1v) is 3.33. The third kappa shape index (κ3) is 6.31. The predicted molar refractivity (Wildman–Crippen MR) is 39.6 cm³/mol. The average molecular weight is 135 g/mol. The largest absolute Gasteiger partial charge is 0.329 e. The summed E-state index contributed by atoms with van der Waals surface area (Å²) in [6.45, 7) is 3.59. The van der Waals surface area contributed by atoms with Crippen molar-refractivity contribution < 1.29 is 0 Å². The topological polar surface area (TPSA) is 50.1 Å². The minimum atomic E-state index is 0.719. The molecule has 8 heavy (non-hydrogen) atoms. The Morgan fingerprint density at radius 3 is 2.50 bits per heavy atom. The van der Waals surface area contributed by atoms with Crippen LogP contribution in [0, 0.1) is 0 Å². The van der Waals surface area contributed by atoms with Gasteiger partial charge in [0.2, 0.25) is 0 Å². The summed E-state index contributed by atoms with van der Waals surface area (Å²) in [7, 11) is 2.44. The van der Waals surface area contributed by atoms with E-state index in [0.29, 0.717) is 0 Å². The Morgan fingerprint density at radius 1 is 1.25 bits per heavy atom. The molecule has 0 saturated heterocycles. The number of hydrogen-bond acceptors (Lipinski definition) is 3. The van der Waals surface area contributed by atoms with Gasteiger partial charge in [0.15, 0.2) is 0 Å². The van der Waals surface area contributed by atoms with Gasteiger partial charge in [0.25, 0.3) is 0 Å². The summed E-state index contributed by atoms with van der Waals surface area (Å²) in [6, 6.07) is 0. The Bertz CT molecular complexity index is 36.3. The molecule has 0 heterocycles. The molecule has 0 aromatic carbocycles. The number of rotatable bonds is 5. The lowest BCUT2D eigenvalue weighted by Gasteiger charge is -1.99. The van der Waals surface area contributed by atoms with E-state index in [1.807, 2.05) is 0 Å². The SMILES string of the molecule is NCCNCCNP. The van der Waals surface area contributed by atoms with Gasteiger partial charge in [0.05, 0.1) is 0 Å². The van der Waals surface area contributed by atoms with Crippen LogP contribution in [0.1, 0.15) is 0 Å². The Hall–Kier alpha value is 0.310. The van der Waals surface area contributed by atoms with E-state index in [1.54, 1.807) is 0 Å². The van der Waals surface area contributed by atoms with E-state index in [2.05, 4.69) is 19.8 Å². The first-order chi connectivity index (χ1) is 3.91. The molecule has 4 heteroatoms. The van der Waals surface area contributed by atoms with E-state index >= 15 is 0 Å². The number of nitrogens with one attached hydrogen (secondary N) is 2. The van der Waals surface area contributed by atoms with Gasteiger partial charge in [-0.25, -0.2) is 0 Å². The summed E-state index contributed by atoms with van der Waals surface area (Å²) >= 11 is 0. The minimum absolute atomic E-state index is 0.719. The van der Waals surface area contributed by atoms with E-state index in [-0.39, 0.29) is 0 Å². The fourth-order valence-electron chi connectivity index (χ4n) is 0.388. The third-order valence-corrected chi connectivity index (χ3v) is 1.06. The van der Waals surface area contributed by atoms with Crippen LogP contribution in [0.2, 0.25) is 0 Å². The standard InChI is InChI=1S/C4H14N3P/c5-1-2-6-3-4-7-8/h6-7H,1-5,8H2. The molecule has 0 fully saturated rings. The lowest BCUT2D eigenvalue weighted by atomic mass is 10.6. The maximum Gasteiger partial charge on any atom is 0.0111 e. The molecular formula is C4H14N3P. The smallest absolute Gasteiger partial charge is 0.0111 e. The van der Waals surface area contributed by atoms with Crippen molar-refractivity contribution in [2.75, 3.05) is 26.2 Å². The van der Waals surface area contributed by atoms with Crippen molar-refractivity contribution in [1.29, 1.82) is 0 Å². The molecular weight excluding hydrogens is 121 g/mol. The van der Waals surface area contributed by atoms with Crippen LogP contribution in [0.4, 0.5) is 0 Å². The summed E-state index contributed by atoms with van der Waals surface area (Å²) in [5, 5.41) is 6.08. The minimum Gasteiger partial charge on any atom is -0.329 e. The van der Waals surface area contributed by atoms with E-state index in [0.717, 1.165) is 26.2 Å². The van der Waals surface area contributed by atoms with Crippen LogP contribution >= 0.6 is 9.39 Å². The monoisotopic (exact) mass is 135 g/mol. The molecule has 0 bridgehead atoms. The maximum atomic E-state index is 5.22. The highest BCUT2D eigenvalue weighted by Gasteiger charge is 1.79. The van der Waals surface area contributed by atoms with Crippen molar-refractivity contribution in [1.82, 2.24) is 10.4 Å². The zero-order chi connectivity index (χ0) is 6.24. The Labute approximate surface area is 52.7 Å². The zero-order valence-electron chi connectivity index (χ0n) is 4.98. The average Bonchev–Trinajstić information content (AvgIpc) is 1.81. The molecule has 4 N–H and O–H groups in total. The van der Waals surface area contributed by atoms with Crippen molar-refractivity contribution in [3.05, 3.63) is 0 Å². The summed E-state index contributed by atoms with van der Waals surface area (Å²) in [5.41, 5.74) is 5.22. The van der Waals surface area contributed by atoms with Gasteiger partial charge >= 0.3 is 0 Å². The zero-order valence-corrected chi connectivity index (χ0v) is 6.14. The lowest BCUT2D eigenvalue weighted by molar-refractivity contribution is 0.684. The molecule has 50 valence electrons. The highest BCUT2D eigenvalue weighted by molar-refractivity contribution is 7.13. The van der Waals surface area contributed by atoms with Crippen LogP contribution in [0.5, 0.6) is 0 Å². The van der Waals surface area contributed by atoms with E-state index < -0.39 is 0 Å². The fraction of sp³-hybridized carbons (Fsp3) is 1.00. The van der Waals surface area contributed by atoms with Crippen molar-refractivity contribution >= 4 is 9.39 Å². The Balaban J connectivity index is 2.53. The molecule has 0 spiro atoms. The van der Waals surface area contributed by atoms with Gasteiger partial charge in [0.1, 0.15) is 0 Å². The van der Waals surface area contributed by atoms with Crippen LogP contribution in [0.25, 0.3) is 0 Å². The molecule has 0 radical (unpaired) electrons. The van der Waals surface area contributed by atoms with Crippen molar-refractivity contribution in [2.45, 2.75) is 0 Å². The van der Waals surface area contributed by atoms with Gasteiger partial charge in [-0.1, -0.05) is 9.39 Å². The second-order valence-corrected chi connectivity index (χ2v) is 1.90. The fourth-order valence-corrected chi connectivity index (χ4v) is 0.532. The van der Waals surface area contributed by atoms with Gasteiger partial charge in [-0.3, -0.25) is 5.09 Å². The van der Waals surface area contributed by atoms with Gasteiger partial charge in [0, 0.05) is 26.2 Å². The van der Waals surface area contributed by atoms with E-state index in [1.165, 1.54) is 0 Å². The Kier molecular flexibility index (Phi) is 7.59. The second kappa shape index (κ2) is 7.31. The molecule has 0 aliphatic rings. The summed E-state index contributed by atoms with van der Waals surface area (Å²) in [5.74, 6) is 0. The summed E-state index contributed by atoms with van der Waals surface area (Å²) in [4.78, 5) is 0. The molecule has 0 aliphatic heterocycles. The van der Waals surface area contributed by atoms with Gasteiger partial charge in [-0.15, -0.1) is 0 Å². The van der Waals surface area contributed by atoms with Crippen LogP contribution in [0.3, 0.4) is 0 Å². The van der Waals surface area contributed by atoms with Gasteiger partial charge < -0.3 is 11.1 Å². The quantitative estimate of drug-likeness (QED) is 0.332. The van der Waals surface area contributed by atoms with Crippen LogP contribution in [-0.2, 0) is 0 Å². The molecule has 0 aliphatic carbocycles. The highest BCUT2D eigenvalue weighted by Crippen LogP contribution is 1.63. The van der Waals surface area contributed by atoms with E-state index in [9.17, 15) is 0 Å². The van der Waals surface area contributed by atoms with Gasteiger partial charge in [-0.05, 0) is 0 Å². The first kappa shape index (κ1) is 8.31. The highest BCUT2D eigenvalue weighted by atomic mass is 31.0. The molecule has 1 atom stereocenters. The maximum absolute atomic E-state index is 5.22. The molecule has 0 rings (SSSR count). The Morgan fingerprint density at radius 2 is 2.00 bits per heavy atom. The lowest BCUT2D eigenvalue weighted by Crippen LogP contribution is -2.27. The van der Waals surface area contributed by atoms with Crippen LogP contribution < -0.4 is 16.1 Å². The van der Waals surface area contributed by atoms with Crippen LogP contribution in [0.15, 0.2) is 0 Å². The molecule has 0 aromatic rings. The third-order valence-electron chi connectivity index (χ3n) is 0.767. The molecule has 0 amide bonds. The number of hydrogen-bond donors (Lipinski definition) is 3. The first-order valence-electron chi connectivity index (χ1n) is 2.76. The molecule has 1 unspecified atom stereocenters. The molecule has 3 nitrogen and oxygen atoms in total. The second-order valence-electron chi connectivity index (χ2n) is 1.49. The van der Waals surface area contributed by atoms with E-state index in [4.69, 9.17) is 5.73 Å². The normalized spacial score (nSPS) is 9.75. The van der Waals surface area contributed by atoms with Crippen molar-refractivity contribution in [3.63, 3.8) is 0 Å². The van der Waals surface area contributed by atoms with Crippen molar-refractivity contribution in [2.24, 2.45) is 5.73 Å². The predicted octanol–water partition coefficient (Wildman–Crippen LogP) is -1.09. The summed E-state index contributed by atoms with van der Waals surface area (Å²) < 4.78 is 0. The number of nitrogens with two attached hydrogens (primary N) is 1. The summed E-state index contributed by atoms with van der Waals surface area (Å²) in [6.07, 6.45) is 0. The molecule has 0 saturated carbocycles. The molecule has 0 aromatic heterocycles. The van der Waals surface area contributed by atoms with Crippen LogP contribution in [-0.4, -0.2) is 26.2 Å². The van der Waals surface area contributed by atoms with Gasteiger partial charge in [-0.2, -0.15) is 0 Å². The van der Waals surface area contributed by atoms with Crippen molar-refractivity contribution in [3.8, 4) is 0 Å².